The molecule has 0 saturated heterocycles. The van der Waals surface area contributed by atoms with Crippen molar-refractivity contribution in [3.8, 4) is 0 Å². The molecule has 78 valence electrons. The lowest BCUT2D eigenvalue weighted by atomic mass is 10.1. The first-order valence-corrected chi connectivity index (χ1v) is 5.34. The molecule has 2 aromatic rings. The van der Waals surface area contributed by atoms with Crippen LogP contribution in [0.3, 0.4) is 0 Å². The zero-order chi connectivity index (χ0) is 10.7. The number of nitrogens with one attached hydrogen (secondary N) is 1. The highest BCUT2D eigenvalue weighted by atomic mass is 14.8. The number of hydrogen-bond donors (Lipinski definition) is 2. The van der Waals surface area contributed by atoms with E-state index in [1.165, 1.54) is 17.4 Å². The average Bonchev–Trinajstić information content (AvgIpc) is 2.57. The summed E-state index contributed by atoms with van der Waals surface area (Å²) >= 11 is 0. The second kappa shape index (κ2) is 4.22. The molecule has 0 unspecified atom stereocenters. The molecule has 2 nitrogen and oxygen atoms in total. The number of fused-ring (bicyclic) bond motifs is 1. The molecule has 0 aliphatic rings. The third kappa shape index (κ3) is 2.21. The van der Waals surface area contributed by atoms with E-state index in [-0.39, 0.29) is 0 Å². The normalized spacial score (nSPS) is 11.5. The van der Waals surface area contributed by atoms with Gasteiger partial charge < -0.3 is 10.7 Å². The van der Waals surface area contributed by atoms with E-state index in [1.807, 2.05) is 6.07 Å². The molecular formula is C13H16N2. The van der Waals surface area contributed by atoms with Crippen molar-refractivity contribution < 1.29 is 0 Å². The topological polar surface area (TPSA) is 41.8 Å². The Bertz CT molecular complexity index is 480. The van der Waals surface area contributed by atoms with Gasteiger partial charge in [-0.1, -0.05) is 31.6 Å². The van der Waals surface area contributed by atoms with Gasteiger partial charge in [-0.05, 0) is 30.2 Å². The highest BCUT2D eigenvalue weighted by Gasteiger charge is 1.97. The summed E-state index contributed by atoms with van der Waals surface area (Å²) in [7, 11) is 0. The van der Waals surface area contributed by atoms with Crippen LogP contribution in [0.4, 0.5) is 5.82 Å². The Balaban J connectivity index is 2.30. The van der Waals surface area contributed by atoms with Crippen LogP contribution in [0.5, 0.6) is 0 Å². The maximum Gasteiger partial charge on any atom is 0.101 e. The largest absolute Gasteiger partial charge is 0.385 e. The predicted molar refractivity (Wildman–Crippen MR) is 66.7 cm³/mol. The van der Waals surface area contributed by atoms with E-state index in [9.17, 15) is 0 Å². The molecular weight excluding hydrogens is 184 g/mol. The second-order valence-corrected chi connectivity index (χ2v) is 3.76. The van der Waals surface area contributed by atoms with Crippen LogP contribution in [0, 0.1) is 0 Å². The van der Waals surface area contributed by atoms with Crippen molar-refractivity contribution in [2.45, 2.75) is 19.8 Å². The predicted octanol–water partition coefficient (Wildman–Crippen LogP) is 3.56. The molecule has 0 spiro atoms. The summed E-state index contributed by atoms with van der Waals surface area (Å²) in [5.41, 5.74) is 8.02. The molecule has 0 aliphatic carbocycles. The zero-order valence-electron chi connectivity index (χ0n) is 8.96. The van der Waals surface area contributed by atoms with Crippen LogP contribution in [-0.2, 0) is 0 Å². The standard InChI is InChI=1S/C13H16N2/c1-2-3-4-5-10-6-7-12-11(8-10)9-13(14)15-12/h4-9,15H,2-3,14H2,1H3/b5-4+. The number of rotatable bonds is 3. The van der Waals surface area contributed by atoms with Gasteiger partial charge in [-0.15, -0.1) is 0 Å². The average molecular weight is 200 g/mol. The number of hydrogen-bond acceptors (Lipinski definition) is 1. The summed E-state index contributed by atoms with van der Waals surface area (Å²) in [6.07, 6.45) is 6.69. The van der Waals surface area contributed by atoms with Crippen molar-refractivity contribution in [2.75, 3.05) is 5.73 Å². The minimum atomic E-state index is 0.722. The van der Waals surface area contributed by atoms with Crippen molar-refractivity contribution in [1.82, 2.24) is 4.98 Å². The lowest BCUT2D eigenvalue weighted by Gasteiger charge is -1.94. The molecule has 1 aromatic heterocycles. The molecule has 3 N–H and O–H groups in total. The van der Waals surface area contributed by atoms with Gasteiger partial charge in [0.15, 0.2) is 0 Å². The fourth-order valence-corrected chi connectivity index (χ4v) is 1.66. The molecule has 0 amide bonds. The number of allylic oxidation sites excluding steroid dienone is 1. The smallest absolute Gasteiger partial charge is 0.101 e. The van der Waals surface area contributed by atoms with Crippen molar-refractivity contribution >= 4 is 22.8 Å². The number of aromatic amines is 1. The Hall–Kier alpha value is -1.70. The summed E-state index contributed by atoms with van der Waals surface area (Å²) in [6.45, 7) is 2.18. The lowest BCUT2D eigenvalue weighted by molar-refractivity contribution is 0.962. The zero-order valence-corrected chi connectivity index (χ0v) is 8.96. The number of unbranched alkanes of at least 4 members (excludes halogenated alkanes) is 1. The maximum absolute atomic E-state index is 5.69. The quantitative estimate of drug-likeness (QED) is 0.781. The third-order valence-electron chi connectivity index (χ3n) is 2.43. The molecule has 0 atom stereocenters. The molecule has 0 bridgehead atoms. The summed E-state index contributed by atoms with van der Waals surface area (Å²) in [4.78, 5) is 3.11. The van der Waals surface area contributed by atoms with Gasteiger partial charge in [-0.3, -0.25) is 0 Å². The van der Waals surface area contributed by atoms with E-state index in [2.05, 4.69) is 42.3 Å². The summed E-state index contributed by atoms with van der Waals surface area (Å²) in [6, 6.07) is 8.28. The van der Waals surface area contributed by atoms with Gasteiger partial charge in [0, 0.05) is 10.9 Å². The first-order chi connectivity index (χ1) is 7.29. The number of nitrogens with two attached hydrogens (primary N) is 1. The number of anilines is 1. The highest BCUT2D eigenvalue weighted by Crippen LogP contribution is 2.19. The van der Waals surface area contributed by atoms with Gasteiger partial charge in [-0.25, -0.2) is 0 Å². The third-order valence-corrected chi connectivity index (χ3v) is 2.43. The summed E-state index contributed by atoms with van der Waals surface area (Å²) in [5, 5.41) is 1.17. The Labute approximate surface area is 89.8 Å². The fraction of sp³-hybridized carbons (Fsp3) is 0.231. The van der Waals surface area contributed by atoms with E-state index in [1.54, 1.807) is 0 Å². The van der Waals surface area contributed by atoms with Crippen molar-refractivity contribution in [3.63, 3.8) is 0 Å². The molecule has 0 radical (unpaired) electrons. The lowest BCUT2D eigenvalue weighted by Crippen LogP contribution is -1.80. The van der Waals surface area contributed by atoms with Gasteiger partial charge in [0.1, 0.15) is 5.82 Å². The molecule has 0 saturated carbocycles. The van der Waals surface area contributed by atoms with Crippen LogP contribution in [-0.4, -0.2) is 4.98 Å². The Kier molecular flexibility index (Phi) is 2.77. The van der Waals surface area contributed by atoms with Gasteiger partial charge in [0.05, 0.1) is 0 Å². The molecule has 0 aliphatic heterocycles. The van der Waals surface area contributed by atoms with Crippen LogP contribution in [0.1, 0.15) is 25.3 Å². The Morgan fingerprint density at radius 2 is 2.20 bits per heavy atom. The molecule has 15 heavy (non-hydrogen) atoms. The van der Waals surface area contributed by atoms with Crippen LogP contribution in [0.15, 0.2) is 30.3 Å². The molecule has 0 fully saturated rings. The Morgan fingerprint density at radius 3 is 3.00 bits per heavy atom. The fourth-order valence-electron chi connectivity index (χ4n) is 1.66. The van der Waals surface area contributed by atoms with Crippen LogP contribution in [0.2, 0.25) is 0 Å². The SMILES string of the molecule is CCC/C=C/c1ccc2[nH]c(N)cc2c1. The molecule has 2 heteroatoms. The van der Waals surface area contributed by atoms with Crippen molar-refractivity contribution in [1.29, 1.82) is 0 Å². The second-order valence-electron chi connectivity index (χ2n) is 3.76. The van der Waals surface area contributed by atoms with E-state index in [4.69, 9.17) is 5.73 Å². The number of nitrogen functional groups attached to an aromatic ring is 1. The van der Waals surface area contributed by atoms with E-state index in [0.717, 1.165) is 17.8 Å². The molecule has 1 aromatic carbocycles. The summed E-state index contributed by atoms with van der Waals surface area (Å²) in [5.74, 6) is 0.722. The first-order valence-electron chi connectivity index (χ1n) is 5.34. The number of benzene rings is 1. The molecule has 1 heterocycles. The van der Waals surface area contributed by atoms with Gasteiger partial charge in [-0.2, -0.15) is 0 Å². The van der Waals surface area contributed by atoms with Crippen LogP contribution < -0.4 is 5.73 Å². The van der Waals surface area contributed by atoms with Gasteiger partial charge in [0.2, 0.25) is 0 Å². The highest BCUT2D eigenvalue weighted by molar-refractivity contribution is 5.85. The van der Waals surface area contributed by atoms with Crippen molar-refractivity contribution in [2.24, 2.45) is 0 Å². The molecule has 2 rings (SSSR count). The van der Waals surface area contributed by atoms with E-state index in [0.29, 0.717) is 0 Å². The van der Waals surface area contributed by atoms with Crippen molar-refractivity contribution in [3.05, 3.63) is 35.9 Å². The first kappa shape index (κ1) is 9.84. The monoisotopic (exact) mass is 200 g/mol. The van der Waals surface area contributed by atoms with Gasteiger partial charge in [0.25, 0.3) is 0 Å². The minimum absolute atomic E-state index is 0.722. The number of H-pyrrole nitrogens is 1. The van der Waals surface area contributed by atoms with Crippen LogP contribution in [0.25, 0.3) is 17.0 Å². The van der Waals surface area contributed by atoms with Crippen LogP contribution >= 0.6 is 0 Å². The van der Waals surface area contributed by atoms with E-state index >= 15 is 0 Å². The van der Waals surface area contributed by atoms with Gasteiger partial charge >= 0.3 is 0 Å². The maximum atomic E-state index is 5.69. The van der Waals surface area contributed by atoms with E-state index < -0.39 is 0 Å². The Morgan fingerprint density at radius 1 is 1.33 bits per heavy atom. The minimum Gasteiger partial charge on any atom is -0.385 e. The number of aromatic nitrogens is 1. The summed E-state index contributed by atoms with van der Waals surface area (Å²) < 4.78 is 0.